The zero-order chi connectivity index (χ0) is 58.7. The van der Waals surface area contributed by atoms with Crippen LogP contribution in [0.4, 0.5) is 0 Å². The SMILES string of the molecule is CCCCCCCCCCCCC(O)COCCOCCOCCOCCOCCOCCOCCOCCOCCOCCOCCOCCOCCOCCOCCOCCOCCOCCOCCOCCOCCOCCO. The summed E-state index contributed by atoms with van der Waals surface area (Å²) in [6, 6.07) is 0. The average molecular weight is 1200 g/mol. The molecule has 0 aliphatic carbocycles. The number of aliphatic hydroxyl groups excluding tert-OH is 2. The zero-order valence-corrected chi connectivity index (χ0v) is 51.1. The molecule has 1 unspecified atom stereocenters. The monoisotopic (exact) mass is 1200 g/mol. The summed E-state index contributed by atoms with van der Waals surface area (Å²) in [5.74, 6) is 0. The van der Waals surface area contributed by atoms with Crippen molar-refractivity contribution in [1.29, 1.82) is 0 Å². The Balaban J connectivity index is 3.10. The molecule has 0 aromatic carbocycles. The van der Waals surface area contributed by atoms with E-state index in [1.54, 1.807) is 0 Å². The second-order valence-electron chi connectivity index (χ2n) is 18.3. The molecule has 0 heterocycles. The van der Waals surface area contributed by atoms with E-state index in [1.807, 2.05) is 0 Å². The van der Waals surface area contributed by atoms with E-state index in [2.05, 4.69) is 6.92 Å². The van der Waals surface area contributed by atoms with Crippen molar-refractivity contribution < 1.29 is 114 Å². The molecule has 0 rings (SSSR count). The molecule has 82 heavy (non-hydrogen) atoms. The Labute approximate surface area is 494 Å². The van der Waals surface area contributed by atoms with Gasteiger partial charge in [-0.1, -0.05) is 71.1 Å². The summed E-state index contributed by atoms with van der Waals surface area (Å²) in [4.78, 5) is 0. The molecule has 2 N–H and O–H groups in total. The van der Waals surface area contributed by atoms with E-state index in [9.17, 15) is 5.11 Å². The van der Waals surface area contributed by atoms with Gasteiger partial charge in [0.25, 0.3) is 0 Å². The Bertz CT molecular complexity index is 1100. The third kappa shape index (κ3) is 77.1. The van der Waals surface area contributed by atoms with Crippen LogP contribution in [0.5, 0.6) is 0 Å². The van der Waals surface area contributed by atoms with Crippen LogP contribution in [0.15, 0.2) is 0 Å². The third-order valence-electron chi connectivity index (χ3n) is 11.2. The van der Waals surface area contributed by atoms with Crippen molar-refractivity contribution >= 4 is 0 Å². The van der Waals surface area contributed by atoms with Gasteiger partial charge in [-0.25, -0.2) is 0 Å². The molecule has 0 saturated carbocycles. The summed E-state index contributed by atoms with van der Waals surface area (Å²) in [7, 11) is 0. The standard InChI is InChI=1S/C58H118O24/c1-2-3-4-5-6-7-8-9-10-11-12-58(60)57-82-56-55-81-54-53-80-52-51-79-50-49-78-48-47-77-46-45-76-44-43-75-42-41-74-40-39-73-38-37-72-36-35-71-34-33-70-32-31-69-30-29-68-28-27-67-26-25-66-24-23-65-22-21-64-20-19-63-18-17-62-16-15-61-14-13-59/h58-60H,2-57H2,1H3. The Morgan fingerprint density at radius 3 is 0.512 bits per heavy atom. The lowest BCUT2D eigenvalue weighted by atomic mass is 10.0. The second kappa shape index (κ2) is 78.1. The maximum Gasteiger partial charge on any atom is 0.0773 e. The quantitative estimate of drug-likeness (QED) is 0.0817. The minimum atomic E-state index is -0.393. The van der Waals surface area contributed by atoms with Crippen molar-refractivity contribution in [2.75, 3.05) is 297 Å². The van der Waals surface area contributed by atoms with E-state index in [-0.39, 0.29) is 6.61 Å². The second-order valence-corrected chi connectivity index (χ2v) is 18.3. The number of unbranched alkanes of at least 4 members (excludes halogenated alkanes) is 9. The Hall–Kier alpha value is -0.960. The first-order valence-corrected chi connectivity index (χ1v) is 30.8. The molecule has 24 heteroatoms. The maximum absolute atomic E-state index is 10.1. The van der Waals surface area contributed by atoms with Crippen LogP contribution < -0.4 is 0 Å². The number of hydrogen-bond donors (Lipinski definition) is 2. The fraction of sp³-hybridized carbons (Fsp3) is 1.00. The van der Waals surface area contributed by atoms with Gasteiger partial charge in [-0.15, -0.1) is 0 Å². The fourth-order valence-corrected chi connectivity index (χ4v) is 6.85. The van der Waals surface area contributed by atoms with E-state index in [1.165, 1.54) is 57.8 Å². The van der Waals surface area contributed by atoms with Crippen molar-refractivity contribution in [2.45, 2.75) is 83.7 Å². The first-order valence-electron chi connectivity index (χ1n) is 30.8. The lowest BCUT2D eigenvalue weighted by Crippen LogP contribution is -2.18. The molecular weight excluding hydrogens is 1080 g/mol. The van der Waals surface area contributed by atoms with Crippen molar-refractivity contribution in [2.24, 2.45) is 0 Å². The Kier molecular flexibility index (Phi) is 77.1. The van der Waals surface area contributed by atoms with Crippen molar-refractivity contribution in [3.8, 4) is 0 Å². The van der Waals surface area contributed by atoms with Gasteiger partial charge in [-0.05, 0) is 6.42 Å². The van der Waals surface area contributed by atoms with Gasteiger partial charge in [-0.2, -0.15) is 0 Å². The van der Waals surface area contributed by atoms with E-state index >= 15 is 0 Å². The largest absolute Gasteiger partial charge is 0.394 e. The third-order valence-corrected chi connectivity index (χ3v) is 11.2. The van der Waals surface area contributed by atoms with Crippen molar-refractivity contribution in [3.05, 3.63) is 0 Å². The number of hydrogen-bond acceptors (Lipinski definition) is 24. The van der Waals surface area contributed by atoms with Gasteiger partial charge in [0.05, 0.1) is 303 Å². The van der Waals surface area contributed by atoms with Gasteiger partial charge in [0, 0.05) is 0 Å². The molecule has 0 aromatic rings. The highest BCUT2D eigenvalue weighted by Crippen LogP contribution is 2.12. The summed E-state index contributed by atoms with van der Waals surface area (Å²) < 4.78 is 121. The van der Waals surface area contributed by atoms with Crippen LogP contribution >= 0.6 is 0 Å². The molecule has 0 radical (unpaired) electrons. The molecule has 24 nitrogen and oxygen atoms in total. The highest BCUT2D eigenvalue weighted by molar-refractivity contribution is 4.56. The Morgan fingerprint density at radius 1 is 0.195 bits per heavy atom. The van der Waals surface area contributed by atoms with Crippen LogP contribution in [-0.4, -0.2) is 314 Å². The highest BCUT2D eigenvalue weighted by atomic mass is 16.6. The summed E-state index contributed by atoms with van der Waals surface area (Å²) in [5.41, 5.74) is 0. The van der Waals surface area contributed by atoms with Gasteiger partial charge >= 0.3 is 0 Å². The number of aliphatic hydroxyl groups is 2. The molecule has 0 spiro atoms. The molecule has 1 atom stereocenters. The summed E-state index contributed by atoms with van der Waals surface area (Å²) in [6.07, 6.45) is 13.4. The van der Waals surface area contributed by atoms with Crippen LogP contribution in [0.25, 0.3) is 0 Å². The molecule has 0 amide bonds. The predicted octanol–water partition coefficient (Wildman–Crippen LogP) is 4.02. The molecule has 0 bridgehead atoms. The molecule has 0 aliphatic heterocycles. The van der Waals surface area contributed by atoms with E-state index in [4.69, 9.17) is 109 Å². The fourth-order valence-electron chi connectivity index (χ4n) is 6.85. The van der Waals surface area contributed by atoms with Gasteiger partial charge in [0.15, 0.2) is 0 Å². The summed E-state index contributed by atoms with van der Waals surface area (Å²) >= 11 is 0. The summed E-state index contributed by atoms with van der Waals surface area (Å²) in [6.45, 7) is 23.5. The predicted molar refractivity (Wildman–Crippen MR) is 308 cm³/mol. The molecule has 0 aromatic heterocycles. The van der Waals surface area contributed by atoms with Gasteiger partial charge < -0.3 is 114 Å². The smallest absolute Gasteiger partial charge is 0.0773 e. The van der Waals surface area contributed by atoms with Crippen molar-refractivity contribution in [1.82, 2.24) is 0 Å². The van der Waals surface area contributed by atoms with E-state index in [0.29, 0.717) is 291 Å². The van der Waals surface area contributed by atoms with Crippen LogP contribution in [-0.2, 0) is 104 Å². The minimum Gasteiger partial charge on any atom is -0.394 e. The van der Waals surface area contributed by atoms with Gasteiger partial charge in [0.1, 0.15) is 0 Å². The number of ether oxygens (including phenoxy) is 22. The van der Waals surface area contributed by atoms with Crippen LogP contribution in [0, 0.1) is 0 Å². The van der Waals surface area contributed by atoms with E-state index < -0.39 is 6.10 Å². The van der Waals surface area contributed by atoms with Crippen LogP contribution in [0.1, 0.15) is 77.6 Å². The van der Waals surface area contributed by atoms with Crippen LogP contribution in [0.2, 0.25) is 0 Å². The van der Waals surface area contributed by atoms with E-state index in [0.717, 1.165) is 12.8 Å². The highest BCUT2D eigenvalue weighted by Gasteiger charge is 2.05. The van der Waals surface area contributed by atoms with Gasteiger partial charge in [0.2, 0.25) is 0 Å². The summed E-state index contributed by atoms with van der Waals surface area (Å²) in [5, 5.41) is 18.7. The lowest BCUT2D eigenvalue weighted by Gasteiger charge is -2.11. The lowest BCUT2D eigenvalue weighted by molar-refractivity contribution is -0.0321. The topological polar surface area (TPSA) is 244 Å². The van der Waals surface area contributed by atoms with Crippen molar-refractivity contribution in [3.63, 3.8) is 0 Å². The Morgan fingerprint density at radius 2 is 0.341 bits per heavy atom. The molecular formula is C58H118O24. The molecule has 0 saturated heterocycles. The first-order chi connectivity index (χ1) is 40.8. The van der Waals surface area contributed by atoms with Crippen LogP contribution in [0.3, 0.4) is 0 Å². The zero-order valence-electron chi connectivity index (χ0n) is 51.1. The normalized spacial score (nSPS) is 12.2. The molecule has 0 aliphatic rings. The average Bonchev–Trinajstić information content (AvgIpc) is 3.48. The first kappa shape index (κ1) is 81.0. The maximum atomic E-state index is 10.1. The van der Waals surface area contributed by atoms with Gasteiger partial charge in [-0.3, -0.25) is 0 Å². The molecule has 494 valence electrons. The molecule has 0 fully saturated rings. The number of rotatable bonds is 78. The minimum absolute atomic E-state index is 0.0183.